The van der Waals surface area contributed by atoms with Crippen LogP contribution in [0.3, 0.4) is 0 Å². The monoisotopic (exact) mass is 418 g/mol. The molecule has 0 unspecified atom stereocenters. The third-order valence-electron chi connectivity index (χ3n) is 4.83. The minimum Gasteiger partial charge on any atom is -0.496 e. The van der Waals surface area contributed by atoms with E-state index in [-0.39, 0.29) is 5.91 Å². The summed E-state index contributed by atoms with van der Waals surface area (Å²) in [5.74, 6) is 1.47. The van der Waals surface area contributed by atoms with Crippen LogP contribution in [0.2, 0.25) is 0 Å². The van der Waals surface area contributed by atoms with Crippen molar-refractivity contribution in [2.45, 2.75) is 13.8 Å². The van der Waals surface area contributed by atoms with Gasteiger partial charge >= 0.3 is 0 Å². The molecule has 0 atom stereocenters. The Hall–Kier alpha value is -4.00. The molecule has 0 aliphatic heterocycles. The SMILES string of the molecule is CCOc1ccc(-c2coc3cc(OC)c(/C(C)=C/C(=O)Nc4ccon4)cc23)cc1. The molecule has 4 aromatic rings. The molecule has 2 aromatic heterocycles. The normalized spacial score (nSPS) is 11.5. The van der Waals surface area contributed by atoms with E-state index in [1.807, 2.05) is 50.2 Å². The van der Waals surface area contributed by atoms with Gasteiger partial charge in [-0.1, -0.05) is 17.3 Å². The van der Waals surface area contributed by atoms with Crippen molar-refractivity contribution in [2.24, 2.45) is 0 Å². The number of anilines is 1. The van der Waals surface area contributed by atoms with Crippen molar-refractivity contribution < 1.29 is 23.2 Å². The van der Waals surface area contributed by atoms with E-state index >= 15 is 0 Å². The Labute approximate surface area is 179 Å². The van der Waals surface area contributed by atoms with Crippen molar-refractivity contribution in [3.63, 3.8) is 0 Å². The van der Waals surface area contributed by atoms with Crippen molar-refractivity contribution in [1.82, 2.24) is 5.16 Å². The van der Waals surface area contributed by atoms with E-state index in [2.05, 4.69) is 10.5 Å². The number of aromatic nitrogens is 1. The number of benzene rings is 2. The summed E-state index contributed by atoms with van der Waals surface area (Å²) in [6, 6.07) is 13.2. The number of hydrogen-bond acceptors (Lipinski definition) is 6. The lowest BCUT2D eigenvalue weighted by atomic mass is 9.99. The lowest BCUT2D eigenvalue weighted by Crippen LogP contribution is -2.08. The standard InChI is InChI=1S/C24H22N2O5/c1-4-29-17-7-5-16(6-8-17)20-14-30-22-13-21(28-3)18(12-19(20)22)15(2)11-24(27)25-23-9-10-31-26-23/h5-14H,4H2,1-3H3,(H,25,26,27)/b15-11+. The van der Waals surface area contributed by atoms with Gasteiger partial charge in [-0.2, -0.15) is 0 Å². The fourth-order valence-electron chi connectivity index (χ4n) is 3.37. The van der Waals surface area contributed by atoms with Crippen molar-refractivity contribution in [3.8, 4) is 22.6 Å². The summed E-state index contributed by atoms with van der Waals surface area (Å²) in [7, 11) is 1.59. The molecule has 158 valence electrons. The van der Waals surface area contributed by atoms with E-state index in [0.717, 1.165) is 33.4 Å². The molecule has 0 bridgehead atoms. The van der Waals surface area contributed by atoms with Crippen LogP contribution in [0, 0.1) is 0 Å². The van der Waals surface area contributed by atoms with Gasteiger partial charge < -0.3 is 23.7 Å². The van der Waals surface area contributed by atoms with Gasteiger partial charge in [0, 0.05) is 34.7 Å². The second-order valence-corrected chi connectivity index (χ2v) is 6.86. The molecule has 2 heterocycles. The molecule has 7 nitrogen and oxygen atoms in total. The minimum atomic E-state index is -0.313. The Bertz CT molecular complexity index is 1220. The number of nitrogens with one attached hydrogen (secondary N) is 1. The molecular formula is C24H22N2O5. The van der Waals surface area contributed by atoms with Crippen molar-refractivity contribution in [1.29, 1.82) is 0 Å². The maximum atomic E-state index is 12.3. The van der Waals surface area contributed by atoms with Crippen LogP contribution in [-0.2, 0) is 4.79 Å². The number of rotatable bonds is 7. The molecule has 0 saturated carbocycles. The van der Waals surface area contributed by atoms with Gasteiger partial charge in [0.1, 0.15) is 23.3 Å². The summed E-state index contributed by atoms with van der Waals surface area (Å²) >= 11 is 0. The molecule has 4 rings (SSSR count). The highest BCUT2D eigenvalue weighted by molar-refractivity contribution is 6.05. The van der Waals surface area contributed by atoms with Crippen LogP contribution in [0.4, 0.5) is 5.82 Å². The quantitative estimate of drug-likeness (QED) is 0.397. The van der Waals surface area contributed by atoms with Gasteiger partial charge in [-0.25, -0.2) is 0 Å². The third kappa shape index (κ3) is 4.30. The number of nitrogens with zero attached hydrogens (tertiary/aromatic N) is 1. The molecule has 7 heteroatoms. The van der Waals surface area contributed by atoms with E-state index in [1.54, 1.807) is 19.4 Å². The number of furan rings is 1. The number of fused-ring (bicyclic) bond motifs is 1. The number of hydrogen-bond donors (Lipinski definition) is 1. The summed E-state index contributed by atoms with van der Waals surface area (Å²) in [5, 5.41) is 7.26. The predicted octanol–water partition coefficient (Wildman–Crippen LogP) is 5.54. The van der Waals surface area contributed by atoms with Crippen molar-refractivity contribution >= 4 is 28.3 Å². The van der Waals surface area contributed by atoms with Crippen LogP contribution in [-0.4, -0.2) is 24.8 Å². The molecule has 0 spiro atoms. The summed E-state index contributed by atoms with van der Waals surface area (Å²) in [6.45, 7) is 4.42. The second-order valence-electron chi connectivity index (χ2n) is 6.86. The zero-order valence-corrected chi connectivity index (χ0v) is 17.5. The zero-order valence-electron chi connectivity index (χ0n) is 17.5. The van der Waals surface area contributed by atoms with Crippen molar-refractivity contribution in [2.75, 3.05) is 19.0 Å². The second kappa shape index (κ2) is 8.79. The van der Waals surface area contributed by atoms with Crippen LogP contribution < -0.4 is 14.8 Å². The van der Waals surface area contributed by atoms with Crippen LogP contribution >= 0.6 is 0 Å². The number of carbonyl (C=O) groups excluding carboxylic acids is 1. The first-order chi connectivity index (χ1) is 15.1. The summed E-state index contributed by atoms with van der Waals surface area (Å²) in [4.78, 5) is 12.3. The Kier molecular flexibility index (Phi) is 5.75. The first-order valence-corrected chi connectivity index (χ1v) is 9.81. The molecule has 0 fully saturated rings. The summed E-state index contributed by atoms with van der Waals surface area (Å²) in [5.41, 5.74) is 4.17. The fraction of sp³-hybridized carbons (Fsp3) is 0.167. The van der Waals surface area contributed by atoms with E-state index in [9.17, 15) is 4.79 Å². The van der Waals surface area contributed by atoms with Crippen LogP contribution in [0.1, 0.15) is 19.4 Å². The van der Waals surface area contributed by atoms with Crippen molar-refractivity contribution in [3.05, 3.63) is 66.6 Å². The molecular weight excluding hydrogens is 396 g/mol. The average Bonchev–Trinajstić information content (AvgIpc) is 3.43. The van der Waals surface area contributed by atoms with Gasteiger partial charge in [-0.3, -0.25) is 4.79 Å². The zero-order chi connectivity index (χ0) is 21.8. The Morgan fingerprint density at radius 1 is 1.19 bits per heavy atom. The molecule has 0 aliphatic carbocycles. The molecule has 1 N–H and O–H groups in total. The summed E-state index contributed by atoms with van der Waals surface area (Å²) < 4.78 is 21.6. The van der Waals surface area contributed by atoms with Gasteiger partial charge in [-0.05, 0) is 43.2 Å². The maximum Gasteiger partial charge on any atom is 0.249 e. The lowest BCUT2D eigenvalue weighted by Gasteiger charge is -2.10. The highest BCUT2D eigenvalue weighted by Gasteiger charge is 2.15. The van der Waals surface area contributed by atoms with E-state index in [0.29, 0.717) is 23.8 Å². The molecule has 1 amide bonds. The van der Waals surface area contributed by atoms with Gasteiger partial charge in [0.05, 0.1) is 20.0 Å². The van der Waals surface area contributed by atoms with E-state index in [4.69, 9.17) is 18.4 Å². The largest absolute Gasteiger partial charge is 0.496 e. The highest BCUT2D eigenvalue weighted by atomic mass is 16.5. The van der Waals surface area contributed by atoms with Crippen LogP contribution in [0.15, 0.2) is 70.0 Å². The molecule has 0 saturated heterocycles. The van der Waals surface area contributed by atoms with Gasteiger partial charge in [0.25, 0.3) is 0 Å². The van der Waals surface area contributed by atoms with E-state index < -0.39 is 0 Å². The number of amides is 1. The Balaban J connectivity index is 1.70. The highest BCUT2D eigenvalue weighted by Crippen LogP contribution is 2.37. The van der Waals surface area contributed by atoms with Gasteiger partial charge in [0.15, 0.2) is 5.82 Å². The summed E-state index contributed by atoms with van der Waals surface area (Å²) in [6.07, 6.45) is 4.61. The number of carbonyl (C=O) groups is 1. The molecule has 2 aromatic carbocycles. The fourth-order valence-corrected chi connectivity index (χ4v) is 3.37. The first kappa shape index (κ1) is 20.3. The van der Waals surface area contributed by atoms with Gasteiger partial charge in [0.2, 0.25) is 5.91 Å². The lowest BCUT2D eigenvalue weighted by molar-refractivity contribution is -0.111. The molecule has 0 aliphatic rings. The average molecular weight is 418 g/mol. The van der Waals surface area contributed by atoms with Crippen LogP contribution in [0.5, 0.6) is 11.5 Å². The number of ether oxygens (including phenoxy) is 2. The smallest absolute Gasteiger partial charge is 0.249 e. The molecule has 31 heavy (non-hydrogen) atoms. The Morgan fingerprint density at radius 2 is 2.00 bits per heavy atom. The first-order valence-electron chi connectivity index (χ1n) is 9.81. The maximum absolute atomic E-state index is 12.3. The predicted molar refractivity (Wildman–Crippen MR) is 118 cm³/mol. The van der Waals surface area contributed by atoms with E-state index in [1.165, 1.54) is 12.3 Å². The Morgan fingerprint density at radius 3 is 2.68 bits per heavy atom. The number of methoxy groups -OCH3 is 1. The third-order valence-corrected chi connectivity index (χ3v) is 4.83. The van der Waals surface area contributed by atoms with Gasteiger partial charge in [-0.15, -0.1) is 0 Å². The minimum absolute atomic E-state index is 0.313. The molecule has 0 radical (unpaired) electrons. The van der Waals surface area contributed by atoms with Crippen LogP contribution in [0.25, 0.3) is 27.7 Å². The topological polar surface area (TPSA) is 86.7 Å². The number of allylic oxidation sites excluding steroid dienone is 1.